The van der Waals surface area contributed by atoms with E-state index in [1.165, 1.54) is 7.11 Å². The zero-order chi connectivity index (χ0) is 16.0. The molecule has 2 aromatic carbocycles. The van der Waals surface area contributed by atoms with Crippen molar-refractivity contribution in [2.24, 2.45) is 5.73 Å². The molecule has 0 atom stereocenters. The Balaban J connectivity index is 2.23. The fourth-order valence-corrected chi connectivity index (χ4v) is 2.97. The number of primary amides is 1. The molecule has 5 heteroatoms. The summed E-state index contributed by atoms with van der Waals surface area (Å²) < 4.78 is 13.2. The van der Waals surface area contributed by atoms with Crippen LogP contribution in [-0.2, 0) is 0 Å². The van der Waals surface area contributed by atoms with E-state index in [1.54, 1.807) is 0 Å². The molecule has 0 saturated heterocycles. The van der Waals surface area contributed by atoms with E-state index in [9.17, 15) is 4.79 Å². The maximum absolute atomic E-state index is 11.7. The molecule has 114 valence electrons. The fraction of sp³-hybridized carbons (Fsp3) is 0.0556. The van der Waals surface area contributed by atoms with E-state index in [-0.39, 0.29) is 5.76 Å². The van der Waals surface area contributed by atoms with Crippen LogP contribution in [0.1, 0.15) is 10.6 Å². The maximum Gasteiger partial charge on any atom is 0.288 e. The highest BCUT2D eigenvalue weighted by Crippen LogP contribution is 2.41. The van der Waals surface area contributed by atoms with Crippen molar-refractivity contribution < 1.29 is 13.9 Å². The van der Waals surface area contributed by atoms with Crippen molar-refractivity contribution in [2.45, 2.75) is 0 Å². The van der Waals surface area contributed by atoms with E-state index in [1.807, 2.05) is 59.2 Å². The highest BCUT2D eigenvalue weighted by molar-refractivity contribution is 6.11. The SMILES string of the molecule is COc1c(C(N)=O)oc2c3ccccc3n(-c3ccccc3)c12. The Morgan fingerprint density at radius 1 is 1.09 bits per heavy atom. The number of fused-ring (bicyclic) bond motifs is 3. The summed E-state index contributed by atoms with van der Waals surface area (Å²) in [6.45, 7) is 0. The number of aromatic nitrogens is 1. The van der Waals surface area contributed by atoms with Gasteiger partial charge >= 0.3 is 0 Å². The number of furan rings is 1. The summed E-state index contributed by atoms with van der Waals surface area (Å²) in [5.74, 6) is -0.262. The first-order valence-electron chi connectivity index (χ1n) is 7.17. The van der Waals surface area contributed by atoms with Gasteiger partial charge in [-0.2, -0.15) is 0 Å². The molecule has 0 spiro atoms. The first kappa shape index (κ1) is 13.5. The molecule has 23 heavy (non-hydrogen) atoms. The van der Waals surface area contributed by atoms with E-state index >= 15 is 0 Å². The number of hydrogen-bond acceptors (Lipinski definition) is 3. The van der Waals surface area contributed by atoms with Crippen molar-refractivity contribution in [2.75, 3.05) is 7.11 Å². The third-order valence-electron chi connectivity index (χ3n) is 3.90. The van der Waals surface area contributed by atoms with Gasteiger partial charge < -0.3 is 19.5 Å². The first-order chi connectivity index (χ1) is 11.2. The van der Waals surface area contributed by atoms with Crippen molar-refractivity contribution >= 4 is 27.9 Å². The molecule has 0 aliphatic carbocycles. The number of benzene rings is 2. The van der Waals surface area contributed by atoms with Crippen LogP contribution >= 0.6 is 0 Å². The highest BCUT2D eigenvalue weighted by atomic mass is 16.5. The number of carbonyl (C=O) groups is 1. The van der Waals surface area contributed by atoms with Gasteiger partial charge in [0.1, 0.15) is 5.52 Å². The van der Waals surface area contributed by atoms with Gasteiger partial charge in [-0.1, -0.05) is 30.3 Å². The molecule has 0 aliphatic rings. The second kappa shape index (κ2) is 4.91. The van der Waals surface area contributed by atoms with Crippen LogP contribution in [0.25, 0.3) is 27.7 Å². The number of nitrogens with zero attached hydrogens (tertiary/aromatic N) is 1. The highest BCUT2D eigenvalue weighted by Gasteiger charge is 2.26. The molecule has 1 amide bonds. The molecule has 0 fully saturated rings. The smallest absolute Gasteiger partial charge is 0.288 e. The summed E-state index contributed by atoms with van der Waals surface area (Å²) in [6.07, 6.45) is 0. The van der Waals surface area contributed by atoms with E-state index in [2.05, 4.69) is 0 Å². The lowest BCUT2D eigenvalue weighted by Crippen LogP contribution is -2.11. The Bertz CT molecular complexity index is 1030. The van der Waals surface area contributed by atoms with Gasteiger partial charge in [0, 0.05) is 11.1 Å². The summed E-state index contributed by atoms with van der Waals surface area (Å²) in [6, 6.07) is 17.7. The summed E-state index contributed by atoms with van der Waals surface area (Å²) in [7, 11) is 1.50. The van der Waals surface area contributed by atoms with Crippen LogP contribution in [0.4, 0.5) is 0 Å². The van der Waals surface area contributed by atoms with E-state index < -0.39 is 5.91 Å². The van der Waals surface area contributed by atoms with Crippen LogP contribution in [0.5, 0.6) is 5.75 Å². The minimum absolute atomic E-state index is 0.0351. The lowest BCUT2D eigenvalue weighted by atomic mass is 10.2. The molecule has 2 heterocycles. The standard InChI is InChI=1S/C18H14N2O3/c1-22-16-14-15(23-17(16)18(19)21)12-9-5-6-10-13(12)20(14)11-7-3-2-4-8-11/h2-10H,1H3,(H2,19,21). The molecule has 4 aromatic rings. The van der Waals surface area contributed by atoms with Gasteiger partial charge in [-0.05, 0) is 24.3 Å². The lowest BCUT2D eigenvalue weighted by Gasteiger charge is -2.08. The summed E-state index contributed by atoms with van der Waals surface area (Å²) in [5.41, 5.74) is 8.65. The number of carbonyl (C=O) groups excluding carboxylic acids is 1. The first-order valence-corrected chi connectivity index (χ1v) is 7.17. The quantitative estimate of drug-likeness (QED) is 0.630. The van der Waals surface area contributed by atoms with E-state index in [4.69, 9.17) is 14.9 Å². The van der Waals surface area contributed by atoms with Gasteiger partial charge in [-0.15, -0.1) is 0 Å². The predicted octanol–water partition coefficient (Wildman–Crippen LogP) is 3.48. The van der Waals surface area contributed by atoms with Crippen LogP contribution in [0.3, 0.4) is 0 Å². The number of methoxy groups -OCH3 is 1. The second-order valence-corrected chi connectivity index (χ2v) is 5.19. The molecular weight excluding hydrogens is 292 g/mol. The summed E-state index contributed by atoms with van der Waals surface area (Å²) in [4.78, 5) is 11.7. The van der Waals surface area contributed by atoms with Gasteiger partial charge in [0.15, 0.2) is 11.3 Å². The van der Waals surface area contributed by atoms with Gasteiger partial charge in [0.2, 0.25) is 5.76 Å². The number of hydrogen-bond donors (Lipinski definition) is 1. The molecule has 5 nitrogen and oxygen atoms in total. The van der Waals surface area contributed by atoms with Gasteiger partial charge in [0.05, 0.1) is 12.6 Å². The molecule has 2 aromatic heterocycles. The molecule has 0 unspecified atom stereocenters. The minimum Gasteiger partial charge on any atom is -0.491 e. The molecule has 4 rings (SSSR count). The number of nitrogens with two attached hydrogens (primary N) is 1. The number of para-hydroxylation sites is 2. The average Bonchev–Trinajstić information content (AvgIpc) is 3.10. The lowest BCUT2D eigenvalue weighted by molar-refractivity contribution is 0.0972. The largest absolute Gasteiger partial charge is 0.491 e. The number of amides is 1. The van der Waals surface area contributed by atoms with Crippen LogP contribution in [0.15, 0.2) is 59.0 Å². The number of ether oxygens (including phenoxy) is 1. The Morgan fingerprint density at radius 2 is 1.78 bits per heavy atom. The van der Waals surface area contributed by atoms with Crippen LogP contribution < -0.4 is 10.5 Å². The van der Waals surface area contributed by atoms with E-state index in [0.717, 1.165) is 16.6 Å². The zero-order valence-electron chi connectivity index (χ0n) is 12.4. The molecule has 2 N–H and O–H groups in total. The Hall–Kier alpha value is -3.21. The fourth-order valence-electron chi connectivity index (χ4n) is 2.97. The Morgan fingerprint density at radius 3 is 2.48 bits per heavy atom. The van der Waals surface area contributed by atoms with Crippen LogP contribution in [0.2, 0.25) is 0 Å². The topological polar surface area (TPSA) is 70.4 Å². The predicted molar refractivity (Wildman–Crippen MR) is 88.1 cm³/mol. The monoisotopic (exact) mass is 306 g/mol. The second-order valence-electron chi connectivity index (χ2n) is 5.19. The average molecular weight is 306 g/mol. The van der Waals surface area contributed by atoms with Gasteiger partial charge in [-0.3, -0.25) is 4.79 Å². The van der Waals surface area contributed by atoms with E-state index in [0.29, 0.717) is 16.8 Å². The Labute approximate surface area is 131 Å². The molecule has 0 saturated carbocycles. The van der Waals surface area contributed by atoms with Gasteiger partial charge in [0.25, 0.3) is 5.91 Å². The summed E-state index contributed by atoms with van der Waals surface area (Å²) >= 11 is 0. The van der Waals surface area contributed by atoms with Crippen molar-refractivity contribution in [3.8, 4) is 11.4 Å². The normalized spacial score (nSPS) is 11.2. The minimum atomic E-state index is -0.651. The van der Waals surface area contributed by atoms with Crippen molar-refractivity contribution in [1.82, 2.24) is 4.57 Å². The summed E-state index contributed by atoms with van der Waals surface area (Å²) in [5, 5.41) is 0.900. The number of rotatable bonds is 3. The van der Waals surface area contributed by atoms with Gasteiger partial charge in [-0.25, -0.2) is 0 Å². The Kier molecular flexibility index (Phi) is 2.87. The van der Waals surface area contributed by atoms with Crippen molar-refractivity contribution in [3.05, 3.63) is 60.4 Å². The molecule has 0 bridgehead atoms. The third kappa shape index (κ3) is 1.83. The zero-order valence-corrected chi connectivity index (χ0v) is 12.4. The van der Waals surface area contributed by atoms with Crippen molar-refractivity contribution in [3.63, 3.8) is 0 Å². The molecule has 0 aliphatic heterocycles. The molecular formula is C18H14N2O3. The third-order valence-corrected chi connectivity index (χ3v) is 3.90. The van der Waals surface area contributed by atoms with Crippen LogP contribution in [0, 0.1) is 0 Å². The van der Waals surface area contributed by atoms with Crippen molar-refractivity contribution in [1.29, 1.82) is 0 Å². The maximum atomic E-state index is 11.7. The molecule has 0 radical (unpaired) electrons. The van der Waals surface area contributed by atoms with Crippen LogP contribution in [-0.4, -0.2) is 17.6 Å².